The van der Waals surface area contributed by atoms with Gasteiger partial charge in [-0.05, 0) is 93.7 Å². The van der Waals surface area contributed by atoms with Crippen molar-refractivity contribution in [2.24, 2.45) is 11.8 Å². The number of carbonyl (C=O) groups excluding carboxylic acids is 5. The molecule has 2 aromatic heterocycles. The van der Waals surface area contributed by atoms with E-state index in [0.29, 0.717) is 23.8 Å². The Kier molecular flexibility index (Phi) is 9.76. The van der Waals surface area contributed by atoms with E-state index in [-0.39, 0.29) is 32.8 Å². The summed E-state index contributed by atoms with van der Waals surface area (Å²) in [6.45, 7) is 9.68. The van der Waals surface area contributed by atoms with Gasteiger partial charge in [0.25, 0.3) is 11.8 Å². The summed E-state index contributed by atoms with van der Waals surface area (Å²) in [7, 11) is 0. The fourth-order valence-corrected chi connectivity index (χ4v) is 9.62. The van der Waals surface area contributed by atoms with Gasteiger partial charge < -0.3 is 19.4 Å². The minimum Gasteiger partial charge on any atom is -0.488 e. The van der Waals surface area contributed by atoms with Gasteiger partial charge in [-0.25, -0.2) is 9.97 Å². The van der Waals surface area contributed by atoms with E-state index in [0.717, 1.165) is 135 Å². The summed E-state index contributed by atoms with van der Waals surface area (Å²) in [5, 5.41) is 11.0. The lowest BCUT2D eigenvalue weighted by molar-refractivity contribution is -0.137. The number of nitrogens with zero attached hydrogens (tertiary/aromatic N) is 8. The van der Waals surface area contributed by atoms with Crippen molar-refractivity contribution in [2.75, 3.05) is 68.7 Å². The monoisotopic (exact) mass is 818 g/mol. The van der Waals surface area contributed by atoms with Crippen molar-refractivity contribution in [3.8, 4) is 17.1 Å². The van der Waals surface area contributed by atoms with Crippen LogP contribution in [0.25, 0.3) is 22.3 Å². The van der Waals surface area contributed by atoms with Crippen molar-refractivity contribution in [3.05, 3.63) is 59.9 Å². The number of piperazine rings is 1. The predicted molar refractivity (Wildman–Crippen MR) is 226 cm³/mol. The number of amides is 5. The van der Waals surface area contributed by atoms with E-state index >= 15 is 0 Å². The van der Waals surface area contributed by atoms with E-state index in [1.807, 2.05) is 30.3 Å². The molecule has 0 bridgehead atoms. The van der Waals surface area contributed by atoms with Gasteiger partial charge >= 0.3 is 0 Å². The third-order valence-corrected chi connectivity index (χ3v) is 13.5. The predicted octanol–water partition coefficient (Wildman–Crippen LogP) is 4.12. The van der Waals surface area contributed by atoms with E-state index in [2.05, 4.69) is 52.0 Å². The summed E-state index contributed by atoms with van der Waals surface area (Å²) in [5.41, 5.74) is 3.88. The highest BCUT2D eigenvalue weighted by atomic mass is 16.5. The first-order valence-corrected chi connectivity index (χ1v) is 21.4. The van der Waals surface area contributed by atoms with Gasteiger partial charge in [-0.2, -0.15) is 5.10 Å². The lowest BCUT2D eigenvalue weighted by Gasteiger charge is -2.40. The zero-order chi connectivity index (χ0) is 41.1. The lowest BCUT2D eigenvalue weighted by Crippen LogP contribution is -2.54. The van der Waals surface area contributed by atoms with Crippen LogP contribution in [0.2, 0.25) is 0 Å². The molecule has 6 aliphatic rings. The number of carbonyl (C=O) groups is 5. The van der Waals surface area contributed by atoms with Gasteiger partial charge in [-0.3, -0.25) is 44.2 Å². The van der Waals surface area contributed by atoms with E-state index < -0.39 is 29.7 Å². The molecule has 4 saturated heterocycles. The van der Waals surface area contributed by atoms with Crippen LogP contribution >= 0.6 is 0 Å². The van der Waals surface area contributed by atoms with Crippen LogP contribution in [0, 0.1) is 11.8 Å². The first-order chi connectivity index (χ1) is 29.1. The number of hydrogen-bond donors (Lipinski definition) is 2. The molecule has 2 atom stereocenters. The molecule has 0 spiro atoms. The Labute approximate surface area is 350 Å². The maximum absolute atomic E-state index is 13.4. The number of benzene rings is 2. The molecule has 4 aromatic rings. The topological polar surface area (TPSA) is 177 Å². The van der Waals surface area contributed by atoms with Crippen LogP contribution in [0.1, 0.15) is 81.9 Å². The Morgan fingerprint density at radius 3 is 2.35 bits per heavy atom. The maximum Gasteiger partial charge on any atom is 0.262 e. The number of anilines is 2. The number of fused-ring (bicyclic) bond motifs is 2. The normalized spacial score (nSPS) is 23.7. The van der Waals surface area contributed by atoms with Crippen molar-refractivity contribution in [1.82, 2.24) is 40.2 Å². The lowest BCUT2D eigenvalue weighted by atomic mass is 9.91. The molecular formula is C44H54N10O6. The second-order valence-electron chi connectivity index (χ2n) is 17.7. The molecule has 7 heterocycles. The summed E-state index contributed by atoms with van der Waals surface area (Å²) in [4.78, 5) is 83.3. The average molecular weight is 819 g/mol. The number of H-pyrrole nitrogens is 1. The minimum atomic E-state index is -0.981. The van der Waals surface area contributed by atoms with Crippen LogP contribution in [-0.2, 0) is 14.4 Å². The SMILES string of the molecule is CC1(Oc2ccc3[nH]nc(-c4cc(N5CCN(C[C@H]6CCN(CC7CCN(c8ccc9c(c8)C(=O)N(C8CCC(=O)NC8=O)C9=O)CC7)C(=O)C6)CC5)ncn4)c3c2)CC1.[HH].[HH]. The summed E-state index contributed by atoms with van der Waals surface area (Å²) in [6.07, 6.45) is 7.41. The standard InChI is InChI=1S/C44H50N10O6.2H2/c1-44(11-12-44)60-30-3-5-34-33(22-30)40(49-48-34)35-23-37(46-26-45-35)52-18-16-50(17-19-52)24-28-10-15-53(39(56)20-28)25-27-8-13-51(14-9-27)29-2-4-31-32(21-29)43(59)54(42(31)58)36-6-7-38(55)47-41(36)57;;/h2-5,21-23,26-28,36H,6-20,24-25H2,1H3,(H,48,49)(H,47,55,57);2*1H/t28-,36?;;/m0../s1. The van der Waals surface area contributed by atoms with Crippen LogP contribution in [0.15, 0.2) is 48.8 Å². The van der Waals surface area contributed by atoms with Gasteiger partial charge in [0, 0.05) is 91.7 Å². The van der Waals surface area contributed by atoms with Gasteiger partial charge in [-0.15, -0.1) is 0 Å². The van der Waals surface area contributed by atoms with E-state index in [9.17, 15) is 24.0 Å². The highest BCUT2D eigenvalue weighted by Crippen LogP contribution is 2.41. The largest absolute Gasteiger partial charge is 0.488 e. The molecule has 2 aromatic carbocycles. The van der Waals surface area contributed by atoms with Crippen LogP contribution < -0.4 is 19.9 Å². The smallest absolute Gasteiger partial charge is 0.262 e. The second-order valence-corrected chi connectivity index (χ2v) is 17.7. The third-order valence-electron chi connectivity index (χ3n) is 13.5. The number of aromatic amines is 1. The maximum atomic E-state index is 13.4. The molecule has 316 valence electrons. The second kappa shape index (κ2) is 15.3. The van der Waals surface area contributed by atoms with Crippen LogP contribution in [-0.4, -0.2) is 135 Å². The Bertz CT molecular complexity index is 2390. The Hall–Kier alpha value is -5.90. The Balaban J connectivity index is 0.00000264. The van der Waals surface area contributed by atoms with Crippen molar-refractivity contribution in [1.29, 1.82) is 0 Å². The molecule has 5 aliphatic heterocycles. The molecule has 1 unspecified atom stereocenters. The van der Waals surface area contributed by atoms with Gasteiger partial charge in [0.1, 0.15) is 35.2 Å². The van der Waals surface area contributed by atoms with Crippen LogP contribution in [0.3, 0.4) is 0 Å². The minimum absolute atomic E-state index is 0. The van der Waals surface area contributed by atoms with Gasteiger partial charge in [0.05, 0.1) is 22.3 Å². The number of ether oxygens (including phenoxy) is 1. The van der Waals surface area contributed by atoms with Crippen molar-refractivity contribution in [3.63, 3.8) is 0 Å². The van der Waals surface area contributed by atoms with Crippen molar-refractivity contribution < 1.29 is 31.6 Å². The number of imide groups is 2. The molecule has 60 heavy (non-hydrogen) atoms. The summed E-state index contributed by atoms with van der Waals surface area (Å²) < 4.78 is 6.22. The van der Waals surface area contributed by atoms with Crippen LogP contribution in [0.5, 0.6) is 5.75 Å². The van der Waals surface area contributed by atoms with Gasteiger partial charge in [0.2, 0.25) is 17.7 Å². The molecule has 5 fully saturated rings. The molecule has 1 aliphatic carbocycles. The van der Waals surface area contributed by atoms with Crippen molar-refractivity contribution >= 4 is 51.9 Å². The molecule has 2 N–H and O–H groups in total. The Morgan fingerprint density at radius 2 is 1.58 bits per heavy atom. The van der Waals surface area contributed by atoms with E-state index in [1.54, 1.807) is 18.5 Å². The van der Waals surface area contributed by atoms with Gasteiger partial charge in [0.15, 0.2) is 0 Å². The number of rotatable bonds is 10. The van der Waals surface area contributed by atoms with Crippen molar-refractivity contribution in [2.45, 2.75) is 69.9 Å². The van der Waals surface area contributed by atoms with Crippen LogP contribution in [0.4, 0.5) is 11.5 Å². The molecule has 10 rings (SSSR count). The third kappa shape index (κ3) is 7.45. The van der Waals surface area contributed by atoms with E-state index in [1.165, 1.54) is 0 Å². The fraction of sp³-hybridized carbons (Fsp3) is 0.500. The number of piperidine rings is 3. The highest BCUT2D eigenvalue weighted by molar-refractivity contribution is 6.23. The summed E-state index contributed by atoms with van der Waals surface area (Å²) >= 11 is 0. The number of hydrogen-bond acceptors (Lipinski definition) is 12. The zero-order valence-corrected chi connectivity index (χ0v) is 33.9. The highest BCUT2D eigenvalue weighted by Gasteiger charge is 2.45. The van der Waals surface area contributed by atoms with Gasteiger partial charge in [-0.1, -0.05) is 0 Å². The quantitative estimate of drug-likeness (QED) is 0.219. The number of aromatic nitrogens is 4. The molecule has 16 heteroatoms. The molecule has 1 saturated carbocycles. The molecule has 16 nitrogen and oxygen atoms in total. The van der Waals surface area contributed by atoms with E-state index in [4.69, 9.17) is 4.74 Å². The summed E-state index contributed by atoms with van der Waals surface area (Å²) in [5.74, 6) is 0.720. The molecule has 5 amide bonds. The number of nitrogens with one attached hydrogen (secondary N) is 2. The average Bonchev–Trinajstić information content (AvgIpc) is 3.74. The first-order valence-electron chi connectivity index (χ1n) is 21.4. The zero-order valence-electron chi connectivity index (χ0n) is 33.9. The first kappa shape index (κ1) is 38.3. The molecular weight excluding hydrogens is 765 g/mol. The summed E-state index contributed by atoms with van der Waals surface area (Å²) in [6, 6.07) is 12.4. The fourth-order valence-electron chi connectivity index (χ4n) is 9.62. The Morgan fingerprint density at radius 1 is 0.800 bits per heavy atom. The number of likely N-dealkylation sites (tertiary alicyclic amines) is 1. The molecule has 0 radical (unpaired) electrons.